The van der Waals surface area contributed by atoms with Gasteiger partial charge in [-0.25, -0.2) is 9.97 Å². The maximum absolute atomic E-state index is 5.67. The molecule has 0 aliphatic carbocycles. The van der Waals surface area contributed by atoms with Crippen LogP contribution in [0.5, 0.6) is 5.75 Å². The third-order valence-electron chi connectivity index (χ3n) is 5.58. The van der Waals surface area contributed by atoms with Gasteiger partial charge in [0.05, 0.1) is 41.4 Å². The van der Waals surface area contributed by atoms with Crippen LogP contribution in [-0.2, 0) is 0 Å². The predicted molar refractivity (Wildman–Crippen MR) is 134 cm³/mol. The van der Waals surface area contributed by atoms with E-state index in [9.17, 15) is 0 Å². The van der Waals surface area contributed by atoms with Crippen LogP contribution in [0.2, 0.25) is 0 Å². The number of hydrogen-bond acceptors (Lipinski definition) is 7. The second-order valence-corrected chi connectivity index (χ2v) is 10.1. The molecule has 1 aliphatic heterocycles. The monoisotopic (exact) mass is 546 g/mol. The molecule has 1 fully saturated rings. The van der Waals surface area contributed by atoms with Crippen molar-refractivity contribution in [3.8, 4) is 16.9 Å². The molecule has 160 valence electrons. The summed E-state index contributed by atoms with van der Waals surface area (Å²) in [6.45, 7) is 4.19. The molecule has 0 radical (unpaired) electrons. The molecule has 2 N–H and O–H groups in total. The van der Waals surface area contributed by atoms with E-state index < -0.39 is 0 Å². The standard InChI is InChI=1S/C22H23IN6OS/c1-13-20(17-4-3-14(23)9-18(17)30-2)21-19(31-13)11-25-22(28-21)27-15-10-26-29(12-15)16-5-7-24-8-6-16/h3-4,9-12,16,24H,5-8H2,1-2H3,(H,25,27,28). The molecule has 31 heavy (non-hydrogen) atoms. The van der Waals surface area contributed by atoms with Crippen molar-refractivity contribution in [2.75, 3.05) is 25.5 Å². The van der Waals surface area contributed by atoms with Crippen molar-refractivity contribution in [1.29, 1.82) is 0 Å². The minimum Gasteiger partial charge on any atom is -0.496 e. The van der Waals surface area contributed by atoms with E-state index in [1.54, 1.807) is 18.4 Å². The summed E-state index contributed by atoms with van der Waals surface area (Å²) in [7, 11) is 1.71. The van der Waals surface area contributed by atoms with Crippen molar-refractivity contribution in [2.24, 2.45) is 0 Å². The van der Waals surface area contributed by atoms with Crippen molar-refractivity contribution >= 4 is 55.8 Å². The van der Waals surface area contributed by atoms with Crippen molar-refractivity contribution in [1.82, 2.24) is 25.1 Å². The number of piperidine rings is 1. The molecule has 7 nitrogen and oxygen atoms in total. The molecule has 0 unspecified atom stereocenters. The summed E-state index contributed by atoms with van der Waals surface area (Å²) >= 11 is 4.00. The van der Waals surface area contributed by atoms with E-state index in [-0.39, 0.29) is 0 Å². The zero-order valence-corrected chi connectivity index (χ0v) is 20.3. The zero-order valence-electron chi connectivity index (χ0n) is 17.4. The molecule has 0 amide bonds. The van der Waals surface area contributed by atoms with E-state index in [2.05, 4.69) is 67.0 Å². The molecule has 1 aromatic carbocycles. The van der Waals surface area contributed by atoms with E-state index in [0.29, 0.717) is 12.0 Å². The smallest absolute Gasteiger partial charge is 0.227 e. The number of nitrogens with one attached hydrogen (secondary N) is 2. The Labute approximate surface area is 198 Å². The van der Waals surface area contributed by atoms with Gasteiger partial charge in [0, 0.05) is 25.8 Å². The summed E-state index contributed by atoms with van der Waals surface area (Å²) in [6, 6.07) is 6.69. The van der Waals surface area contributed by atoms with Gasteiger partial charge in [-0.1, -0.05) is 0 Å². The molecule has 1 aliphatic rings. The van der Waals surface area contributed by atoms with E-state index >= 15 is 0 Å². The van der Waals surface area contributed by atoms with Gasteiger partial charge in [0.1, 0.15) is 5.75 Å². The Morgan fingerprint density at radius 2 is 2.10 bits per heavy atom. The predicted octanol–water partition coefficient (Wildman–Crippen LogP) is 5.14. The van der Waals surface area contributed by atoms with Crippen LogP contribution in [0.4, 0.5) is 11.6 Å². The molecule has 0 spiro atoms. The quantitative estimate of drug-likeness (QED) is 0.338. The van der Waals surface area contributed by atoms with Crippen molar-refractivity contribution < 1.29 is 4.74 Å². The highest BCUT2D eigenvalue weighted by molar-refractivity contribution is 14.1. The molecular formula is C22H23IN6OS. The van der Waals surface area contributed by atoms with Gasteiger partial charge in [-0.2, -0.15) is 5.10 Å². The molecule has 0 atom stereocenters. The minimum absolute atomic E-state index is 0.444. The van der Waals surface area contributed by atoms with E-state index in [0.717, 1.165) is 62.3 Å². The van der Waals surface area contributed by atoms with Crippen LogP contribution in [0.1, 0.15) is 23.8 Å². The number of ether oxygens (including phenoxy) is 1. The van der Waals surface area contributed by atoms with Crippen LogP contribution in [0, 0.1) is 10.5 Å². The number of fused-ring (bicyclic) bond motifs is 1. The van der Waals surface area contributed by atoms with Crippen molar-refractivity contribution in [2.45, 2.75) is 25.8 Å². The van der Waals surface area contributed by atoms with Crippen LogP contribution in [0.3, 0.4) is 0 Å². The lowest BCUT2D eigenvalue weighted by atomic mass is 10.0. The zero-order chi connectivity index (χ0) is 21.4. The lowest BCUT2D eigenvalue weighted by Gasteiger charge is -2.22. The normalized spacial score (nSPS) is 14.8. The number of rotatable bonds is 5. The van der Waals surface area contributed by atoms with Crippen LogP contribution >= 0.6 is 33.9 Å². The van der Waals surface area contributed by atoms with Crippen LogP contribution < -0.4 is 15.4 Å². The lowest BCUT2D eigenvalue weighted by Crippen LogP contribution is -2.29. The van der Waals surface area contributed by atoms with Gasteiger partial charge < -0.3 is 15.4 Å². The Kier molecular flexibility index (Phi) is 5.81. The van der Waals surface area contributed by atoms with Crippen molar-refractivity contribution in [3.05, 3.63) is 45.2 Å². The summed E-state index contributed by atoms with van der Waals surface area (Å²) in [4.78, 5) is 10.6. The van der Waals surface area contributed by atoms with Crippen molar-refractivity contribution in [3.63, 3.8) is 0 Å². The van der Waals surface area contributed by atoms with Crippen LogP contribution in [0.15, 0.2) is 36.8 Å². The fraction of sp³-hybridized carbons (Fsp3) is 0.318. The van der Waals surface area contributed by atoms with E-state index in [4.69, 9.17) is 9.72 Å². The van der Waals surface area contributed by atoms with Gasteiger partial charge in [0.2, 0.25) is 5.95 Å². The Bertz CT molecular complexity index is 1230. The molecule has 0 saturated carbocycles. The first-order valence-corrected chi connectivity index (χ1v) is 12.1. The third kappa shape index (κ3) is 4.13. The first-order chi connectivity index (χ1) is 15.1. The average molecular weight is 546 g/mol. The molecule has 0 bridgehead atoms. The molecule has 4 heterocycles. The number of aromatic nitrogens is 4. The summed E-state index contributed by atoms with van der Waals surface area (Å²) in [5.41, 5.74) is 3.99. The van der Waals surface area contributed by atoms with Crippen LogP contribution in [0.25, 0.3) is 21.3 Å². The van der Waals surface area contributed by atoms with Gasteiger partial charge in [-0.3, -0.25) is 4.68 Å². The Balaban J connectivity index is 1.48. The van der Waals surface area contributed by atoms with E-state index in [1.165, 1.54) is 4.88 Å². The average Bonchev–Trinajstić information content (AvgIpc) is 3.38. The molecule has 3 aromatic heterocycles. The van der Waals surface area contributed by atoms with E-state index in [1.807, 2.05) is 24.7 Å². The number of nitrogens with zero attached hydrogens (tertiary/aromatic N) is 4. The second-order valence-electron chi connectivity index (χ2n) is 7.60. The van der Waals surface area contributed by atoms with Crippen LogP contribution in [-0.4, -0.2) is 39.9 Å². The largest absolute Gasteiger partial charge is 0.496 e. The Hall–Kier alpha value is -2.24. The minimum atomic E-state index is 0.444. The highest BCUT2D eigenvalue weighted by Gasteiger charge is 2.19. The first-order valence-electron chi connectivity index (χ1n) is 10.2. The molecule has 9 heteroatoms. The number of anilines is 2. The summed E-state index contributed by atoms with van der Waals surface area (Å²) in [5, 5.41) is 11.3. The second kappa shape index (κ2) is 8.71. The first kappa shape index (κ1) is 20.7. The fourth-order valence-corrected chi connectivity index (χ4v) is 5.51. The molecule has 5 rings (SSSR count). The number of hydrogen-bond donors (Lipinski definition) is 2. The van der Waals surface area contributed by atoms with Gasteiger partial charge in [-0.05, 0) is 73.6 Å². The highest BCUT2D eigenvalue weighted by Crippen LogP contribution is 2.41. The SMILES string of the molecule is COc1cc(I)ccc1-c1c(C)sc2cnc(Nc3cnn(C4CCNCC4)c3)nc12. The number of halogens is 1. The maximum Gasteiger partial charge on any atom is 0.227 e. The summed E-state index contributed by atoms with van der Waals surface area (Å²) < 4.78 is 9.92. The number of benzene rings is 1. The Morgan fingerprint density at radius 3 is 2.90 bits per heavy atom. The topological polar surface area (TPSA) is 76.9 Å². The lowest BCUT2D eigenvalue weighted by molar-refractivity contribution is 0.343. The molecule has 4 aromatic rings. The van der Waals surface area contributed by atoms with Gasteiger partial charge in [0.25, 0.3) is 0 Å². The molecule has 1 saturated heterocycles. The van der Waals surface area contributed by atoms with Gasteiger partial charge in [0.15, 0.2) is 0 Å². The number of thiophene rings is 1. The number of aryl methyl sites for hydroxylation is 1. The van der Waals surface area contributed by atoms with Gasteiger partial charge >= 0.3 is 0 Å². The third-order valence-corrected chi connectivity index (χ3v) is 7.28. The summed E-state index contributed by atoms with van der Waals surface area (Å²) in [6.07, 6.45) is 7.98. The number of methoxy groups -OCH3 is 1. The maximum atomic E-state index is 5.67. The Morgan fingerprint density at radius 1 is 1.26 bits per heavy atom. The highest BCUT2D eigenvalue weighted by atomic mass is 127. The summed E-state index contributed by atoms with van der Waals surface area (Å²) in [5.74, 6) is 1.42. The van der Waals surface area contributed by atoms with Gasteiger partial charge in [-0.15, -0.1) is 11.3 Å². The fourth-order valence-electron chi connectivity index (χ4n) is 4.06. The molecular weight excluding hydrogens is 523 g/mol.